The molecule has 1 aromatic carbocycles. The number of alkyl halides is 6. The van der Waals surface area contributed by atoms with Crippen molar-refractivity contribution in [2.75, 3.05) is 7.11 Å². The molecule has 0 saturated heterocycles. The molecule has 0 bridgehead atoms. The first kappa shape index (κ1) is 25.0. The third kappa shape index (κ3) is 5.46. The summed E-state index contributed by atoms with van der Waals surface area (Å²) < 4.78 is 85.6. The van der Waals surface area contributed by atoms with Crippen LogP contribution in [0.5, 0.6) is 5.75 Å². The van der Waals surface area contributed by atoms with Crippen LogP contribution in [0.15, 0.2) is 22.7 Å². The Balaban J connectivity index is 2.11. The Hall–Kier alpha value is -2.68. The molecule has 0 aliphatic carbocycles. The van der Waals surface area contributed by atoms with Gasteiger partial charge in [-0.3, -0.25) is 4.79 Å². The number of benzene rings is 1. The second kappa shape index (κ2) is 8.59. The Labute approximate surface area is 193 Å². The Morgan fingerprint density at radius 3 is 2.42 bits per heavy atom. The number of amides is 1. The molecule has 1 aliphatic rings. The van der Waals surface area contributed by atoms with Gasteiger partial charge in [0, 0.05) is 12.1 Å². The minimum absolute atomic E-state index is 0.121. The molecule has 0 radical (unpaired) electrons. The topological polar surface area (TPSA) is 67.0 Å². The molecule has 1 amide bonds. The summed E-state index contributed by atoms with van der Waals surface area (Å²) in [6.45, 7) is 1.03. The summed E-state index contributed by atoms with van der Waals surface area (Å²) in [5.74, 6) is -0.574. The van der Waals surface area contributed by atoms with Crippen LogP contribution in [0, 0.1) is 11.3 Å². The van der Waals surface area contributed by atoms with Crippen LogP contribution < -0.4 is 10.1 Å². The average molecular weight is 538 g/mol. The molecule has 1 aliphatic heterocycles. The highest BCUT2D eigenvalue weighted by Crippen LogP contribution is 2.41. The molecule has 0 saturated carbocycles. The molecule has 5 nitrogen and oxygen atoms in total. The number of hydrogen-bond acceptors (Lipinski definition) is 3. The summed E-state index contributed by atoms with van der Waals surface area (Å²) in [6, 6.07) is 5.73. The van der Waals surface area contributed by atoms with Crippen molar-refractivity contribution in [2.24, 2.45) is 0 Å². The van der Waals surface area contributed by atoms with Gasteiger partial charge < -0.3 is 14.6 Å². The zero-order chi connectivity index (χ0) is 24.8. The number of nitrogens with one attached hydrogen (secondary N) is 1. The lowest BCUT2D eigenvalue weighted by Gasteiger charge is -2.26. The Bertz CT molecular complexity index is 1130. The molecular formula is C21H18BrF6N3O2. The first-order valence-electron chi connectivity index (χ1n) is 9.63. The predicted octanol–water partition coefficient (Wildman–Crippen LogP) is 5.55. The third-order valence-corrected chi connectivity index (χ3v) is 5.85. The van der Waals surface area contributed by atoms with Crippen molar-refractivity contribution in [3.05, 3.63) is 39.5 Å². The highest BCUT2D eigenvalue weighted by molar-refractivity contribution is 9.10. The summed E-state index contributed by atoms with van der Waals surface area (Å²) in [7, 11) is 1.45. The van der Waals surface area contributed by atoms with Crippen molar-refractivity contribution in [2.45, 2.75) is 50.6 Å². The summed E-state index contributed by atoms with van der Waals surface area (Å²) in [6.07, 6.45) is -11.9. The number of methoxy groups -OCH3 is 1. The molecule has 12 heteroatoms. The third-order valence-electron chi connectivity index (χ3n) is 5.23. The van der Waals surface area contributed by atoms with Gasteiger partial charge >= 0.3 is 12.4 Å². The lowest BCUT2D eigenvalue weighted by atomic mass is 9.95. The number of rotatable bonds is 5. The average Bonchev–Trinajstić information content (AvgIpc) is 3.03. The van der Waals surface area contributed by atoms with E-state index in [0.717, 1.165) is 13.0 Å². The second-order valence-corrected chi connectivity index (χ2v) is 8.79. The highest BCUT2D eigenvalue weighted by atomic mass is 79.9. The Kier molecular flexibility index (Phi) is 6.50. The molecule has 0 spiro atoms. The largest absolute Gasteiger partial charge is 0.496 e. The minimum atomic E-state index is -4.73. The van der Waals surface area contributed by atoms with Crippen LogP contribution >= 0.6 is 15.9 Å². The molecule has 3 rings (SSSR count). The fraction of sp³-hybridized carbons (Fsp3) is 0.429. The predicted molar refractivity (Wildman–Crippen MR) is 110 cm³/mol. The number of aromatic nitrogens is 1. The lowest BCUT2D eigenvalue weighted by Crippen LogP contribution is -2.48. The summed E-state index contributed by atoms with van der Waals surface area (Å²) in [5.41, 5.74) is -1.42. The number of nitriles is 1. The number of nitrogens with zero attached hydrogens (tertiary/aromatic N) is 2. The Morgan fingerprint density at radius 1 is 1.21 bits per heavy atom. The van der Waals surface area contributed by atoms with Gasteiger partial charge in [-0.05, 0) is 58.6 Å². The number of aryl methyl sites for hydroxylation is 1. The van der Waals surface area contributed by atoms with Crippen LogP contribution in [0.3, 0.4) is 0 Å². The number of ether oxygens (including phenoxy) is 1. The molecule has 33 heavy (non-hydrogen) atoms. The molecular weight excluding hydrogens is 520 g/mol. The number of hydrogen-bond donors (Lipinski definition) is 1. The fourth-order valence-electron chi connectivity index (χ4n) is 3.93. The summed E-state index contributed by atoms with van der Waals surface area (Å²) in [5, 5.41) is 11.3. The van der Waals surface area contributed by atoms with Gasteiger partial charge in [-0.25, -0.2) is 0 Å². The fourth-order valence-corrected chi connectivity index (χ4v) is 4.44. The van der Waals surface area contributed by atoms with Crippen molar-refractivity contribution < 1.29 is 35.9 Å². The number of halogens is 7. The maximum Gasteiger partial charge on any atom is 0.393 e. The zero-order valence-electron chi connectivity index (χ0n) is 17.4. The van der Waals surface area contributed by atoms with E-state index in [2.05, 4.69) is 15.9 Å². The molecule has 1 N–H and O–H groups in total. The van der Waals surface area contributed by atoms with Crippen molar-refractivity contribution in [3.8, 4) is 23.1 Å². The first-order valence-corrected chi connectivity index (χ1v) is 10.4. The van der Waals surface area contributed by atoms with E-state index in [1.165, 1.54) is 17.7 Å². The minimum Gasteiger partial charge on any atom is -0.496 e. The normalized spacial score (nSPS) is 15.2. The van der Waals surface area contributed by atoms with E-state index in [-0.39, 0.29) is 23.5 Å². The van der Waals surface area contributed by atoms with Gasteiger partial charge in [0.25, 0.3) is 5.91 Å². The van der Waals surface area contributed by atoms with Crippen molar-refractivity contribution >= 4 is 21.8 Å². The van der Waals surface area contributed by atoms with Gasteiger partial charge in [0.05, 0.1) is 36.2 Å². The van der Waals surface area contributed by atoms with Crippen molar-refractivity contribution in [3.63, 3.8) is 0 Å². The highest BCUT2D eigenvalue weighted by Gasteiger charge is 2.42. The molecule has 178 valence electrons. The molecule has 2 aromatic rings. The van der Waals surface area contributed by atoms with E-state index < -0.39 is 36.6 Å². The molecule has 0 unspecified atom stereocenters. The Morgan fingerprint density at radius 2 is 1.88 bits per heavy atom. The number of carbonyl (C=O) groups is 1. The standard InChI is InChI=1S/C21H18BrF6N3O2/c1-19(10-29,9-21(26,27)28)30-18(32)15-5-12(8-20(23,24)25)17-13-7-14(22)16(33-2)6-11(13)3-4-31(15)17/h5-7H,3-4,8-9H2,1-2H3,(H,30,32)/t19-/m0/s1. The maximum atomic E-state index is 13.3. The van der Waals surface area contributed by atoms with Crippen LogP contribution in [0.4, 0.5) is 26.3 Å². The maximum absolute atomic E-state index is 13.3. The van der Waals surface area contributed by atoms with E-state index in [4.69, 9.17) is 4.74 Å². The second-order valence-electron chi connectivity index (χ2n) is 7.93. The van der Waals surface area contributed by atoms with Crippen molar-refractivity contribution in [1.29, 1.82) is 5.26 Å². The zero-order valence-corrected chi connectivity index (χ0v) is 19.0. The molecule has 0 fully saturated rings. The van der Waals surface area contributed by atoms with Gasteiger partial charge in [-0.1, -0.05) is 0 Å². The lowest BCUT2D eigenvalue weighted by molar-refractivity contribution is -0.143. The summed E-state index contributed by atoms with van der Waals surface area (Å²) >= 11 is 3.31. The van der Waals surface area contributed by atoms with Crippen LogP contribution in [0.2, 0.25) is 0 Å². The van der Waals surface area contributed by atoms with E-state index in [1.807, 2.05) is 5.32 Å². The van der Waals surface area contributed by atoms with E-state index in [0.29, 0.717) is 27.8 Å². The van der Waals surface area contributed by atoms with Crippen LogP contribution in [0.1, 0.15) is 35.0 Å². The van der Waals surface area contributed by atoms with Crippen molar-refractivity contribution in [1.82, 2.24) is 9.88 Å². The van der Waals surface area contributed by atoms with E-state index in [9.17, 15) is 36.4 Å². The van der Waals surface area contributed by atoms with Gasteiger partial charge in [0.1, 0.15) is 17.0 Å². The van der Waals surface area contributed by atoms with Crippen LogP contribution in [-0.4, -0.2) is 35.5 Å². The number of fused-ring (bicyclic) bond motifs is 3. The van der Waals surface area contributed by atoms with Crippen LogP contribution in [0.25, 0.3) is 11.3 Å². The number of carbonyl (C=O) groups excluding carboxylic acids is 1. The first-order chi connectivity index (χ1) is 15.2. The quantitative estimate of drug-likeness (QED) is 0.508. The van der Waals surface area contributed by atoms with E-state index >= 15 is 0 Å². The smallest absolute Gasteiger partial charge is 0.393 e. The van der Waals surface area contributed by atoms with Gasteiger partial charge in [0.2, 0.25) is 0 Å². The molecule has 1 aromatic heterocycles. The van der Waals surface area contributed by atoms with Crippen LogP contribution in [-0.2, 0) is 19.4 Å². The monoisotopic (exact) mass is 537 g/mol. The molecule has 2 heterocycles. The van der Waals surface area contributed by atoms with Gasteiger partial charge in [-0.15, -0.1) is 0 Å². The van der Waals surface area contributed by atoms with Gasteiger partial charge in [-0.2, -0.15) is 31.6 Å². The molecule has 1 atom stereocenters. The van der Waals surface area contributed by atoms with E-state index in [1.54, 1.807) is 12.1 Å². The van der Waals surface area contributed by atoms with Gasteiger partial charge in [0.15, 0.2) is 0 Å². The summed E-state index contributed by atoms with van der Waals surface area (Å²) in [4.78, 5) is 12.9. The SMILES string of the molecule is COc1cc2c(cc1Br)-c1c(CC(F)(F)F)cc(C(=O)N[C@](C)(C#N)CC(F)(F)F)n1CC2.